The predicted molar refractivity (Wildman–Crippen MR) is 121 cm³/mol. The van der Waals surface area contributed by atoms with Gasteiger partial charge in [0.05, 0.1) is 27.6 Å². The number of nitro benzene ring substituents is 1. The molecule has 0 spiro atoms. The fraction of sp³-hybridized carbons (Fsp3) is 0.0833. The van der Waals surface area contributed by atoms with Gasteiger partial charge in [0.25, 0.3) is 11.6 Å². The van der Waals surface area contributed by atoms with E-state index >= 15 is 0 Å². The van der Waals surface area contributed by atoms with E-state index in [0.29, 0.717) is 26.5 Å². The average molecular weight is 441 g/mol. The summed E-state index contributed by atoms with van der Waals surface area (Å²) >= 11 is 1.19. The smallest absolute Gasteiger partial charge is 0.270 e. The highest BCUT2D eigenvalue weighted by Gasteiger charge is 2.32. The summed E-state index contributed by atoms with van der Waals surface area (Å²) in [5.74, 6) is 2.81. The van der Waals surface area contributed by atoms with Crippen molar-refractivity contribution in [2.75, 3.05) is 0 Å². The van der Waals surface area contributed by atoms with Crippen molar-refractivity contribution in [3.8, 4) is 23.8 Å². The zero-order valence-corrected chi connectivity index (χ0v) is 17.4. The first kappa shape index (κ1) is 19.7. The van der Waals surface area contributed by atoms with Gasteiger partial charge in [-0.25, -0.2) is 0 Å². The van der Waals surface area contributed by atoms with Gasteiger partial charge in [0, 0.05) is 23.3 Å². The number of nitrogens with zero attached hydrogens (tertiary/aromatic N) is 3. The number of hydrogen-bond acceptors (Lipinski definition) is 5. The van der Waals surface area contributed by atoms with E-state index < -0.39 is 10.8 Å². The van der Waals surface area contributed by atoms with Crippen molar-refractivity contribution in [3.63, 3.8) is 0 Å². The second-order valence-corrected chi connectivity index (χ2v) is 8.15. The summed E-state index contributed by atoms with van der Waals surface area (Å²) in [5, 5.41) is 11.2. The number of carbonyl (C=O) groups is 1. The van der Waals surface area contributed by atoms with E-state index in [2.05, 4.69) is 10.9 Å². The van der Waals surface area contributed by atoms with Crippen LogP contribution in [-0.2, 0) is 11.3 Å². The van der Waals surface area contributed by atoms with Crippen molar-refractivity contribution < 1.29 is 14.5 Å². The Kier molecular flexibility index (Phi) is 4.81. The summed E-state index contributed by atoms with van der Waals surface area (Å²) in [6.07, 6.45) is 5.54. The van der Waals surface area contributed by atoms with Crippen LogP contribution in [0.15, 0.2) is 71.7 Å². The number of ether oxygens (including phenoxy) is 1. The van der Waals surface area contributed by atoms with Crippen molar-refractivity contribution in [2.45, 2.75) is 12.5 Å². The van der Waals surface area contributed by atoms with Gasteiger partial charge in [0.1, 0.15) is 11.5 Å². The highest BCUT2D eigenvalue weighted by Crippen LogP contribution is 2.44. The standard InChI is InChI=1S/C24H15N3O4S/c1-2-13-26-18-12-11-15(27(29)30)14-21(18)32-24(26)25-23(28)22-16-7-3-5-9-19(16)31-20-10-6-4-8-17(20)22/h1,3-12,14,22H,13H2. The van der Waals surface area contributed by atoms with Gasteiger partial charge >= 0.3 is 0 Å². The molecule has 0 atom stereocenters. The van der Waals surface area contributed by atoms with E-state index in [9.17, 15) is 14.9 Å². The van der Waals surface area contributed by atoms with Crippen LogP contribution in [-0.4, -0.2) is 15.4 Å². The molecule has 4 aromatic rings. The molecule has 2 heterocycles. The largest absolute Gasteiger partial charge is 0.457 e. The molecule has 0 bridgehead atoms. The lowest BCUT2D eigenvalue weighted by molar-refractivity contribution is -0.384. The maximum absolute atomic E-state index is 13.5. The normalized spacial score (nSPS) is 13.2. The number of hydrogen-bond donors (Lipinski definition) is 0. The van der Waals surface area contributed by atoms with Gasteiger partial charge in [-0.15, -0.1) is 6.42 Å². The van der Waals surface area contributed by atoms with E-state index in [1.54, 1.807) is 10.6 Å². The number of para-hydroxylation sites is 2. The van der Waals surface area contributed by atoms with Crippen molar-refractivity contribution >= 4 is 33.1 Å². The number of rotatable bonds is 3. The molecular formula is C24H15N3O4S. The van der Waals surface area contributed by atoms with E-state index in [1.165, 1.54) is 23.5 Å². The van der Waals surface area contributed by atoms with Crippen LogP contribution in [0.5, 0.6) is 11.5 Å². The Morgan fingerprint density at radius 3 is 2.41 bits per heavy atom. The number of benzene rings is 3. The summed E-state index contributed by atoms with van der Waals surface area (Å²) < 4.78 is 8.32. The molecule has 7 nitrogen and oxygen atoms in total. The minimum atomic E-state index is -0.630. The van der Waals surface area contributed by atoms with Gasteiger partial charge in [-0.3, -0.25) is 14.9 Å². The molecular weight excluding hydrogens is 426 g/mol. The number of carbonyl (C=O) groups excluding carboxylic acids is 1. The van der Waals surface area contributed by atoms with Crippen LogP contribution in [0.1, 0.15) is 17.0 Å². The zero-order chi connectivity index (χ0) is 22.2. The highest BCUT2D eigenvalue weighted by molar-refractivity contribution is 7.16. The summed E-state index contributed by atoms with van der Waals surface area (Å²) in [5.41, 5.74) is 2.13. The Hall–Kier alpha value is -4.22. The molecule has 5 rings (SSSR count). The van der Waals surface area contributed by atoms with E-state index in [1.807, 2.05) is 48.5 Å². The SMILES string of the molecule is C#CCn1c(=NC(=O)C2c3ccccc3Oc3ccccc32)sc2cc([N+](=O)[O-])ccc21. The first-order valence-corrected chi connectivity index (χ1v) is 10.5. The van der Waals surface area contributed by atoms with Crippen LogP contribution in [0.4, 0.5) is 5.69 Å². The van der Waals surface area contributed by atoms with Crippen LogP contribution < -0.4 is 9.54 Å². The van der Waals surface area contributed by atoms with E-state index in [4.69, 9.17) is 11.2 Å². The highest BCUT2D eigenvalue weighted by atomic mass is 32.1. The molecule has 156 valence electrons. The third-order valence-corrected chi connectivity index (χ3v) is 6.30. The van der Waals surface area contributed by atoms with Crippen molar-refractivity contribution in [2.24, 2.45) is 4.99 Å². The molecule has 3 aromatic carbocycles. The second kappa shape index (κ2) is 7.80. The monoisotopic (exact) mass is 441 g/mol. The number of aromatic nitrogens is 1. The number of thiazole rings is 1. The topological polar surface area (TPSA) is 86.7 Å². The van der Waals surface area contributed by atoms with Gasteiger partial charge < -0.3 is 9.30 Å². The van der Waals surface area contributed by atoms with Crippen molar-refractivity contribution in [3.05, 3.63) is 92.8 Å². The first-order chi connectivity index (χ1) is 15.6. The Bertz CT molecular complexity index is 1460. The Balaban J connectivity index is 1.68. The third kappa shape index (κ3) is 3.25. The van der Waals surface area contributed by atoms with Gasteiger partial charge in [0.15, 0.2) is 4.80 Å². The molecule has 1 aromatic heterocycles. The number of amides is 1. The van der Waals surface area contributed by atoms with Crippen molar-refractivity contribution in [1.82, 2.24) is 4.57 Å². The van der Waals surface area contributed by atoms with Gasteiger partial charge in [-0.2, -0.15) is 4.99 Å². The van der Waals surface area contributed by atoms with Crippen LogP contribution in [0.3, 0.4) is 0 Å². The molecule has 32 heavy (non-hydrogen) atoms. The van der Waals surface area contributed by atoms with Crippen molar-refractivity contribution in [1.29, 1.82) is 0 Å². The molecule has 8 heteroatoms. The zero-order valence-electron chi connectivity index (χ0n) is 16.6. The maximum atomic E-state index is 13.5. The molecule has 1 aliphatic rings. The molecule has 0 saturated carbocycles. The van der Waals surface area contributed by atoms with Crippen LogP contribution in [0.2, 0.25) is 0 Å². The molecule has 0 unspecified atom stereocenters. The van der Waals surface area contributed by atoms with Crippen LogP contribution in [0, 0.1) is 22.5 Å². The summed E-state index contributed by atoms with van der Waals surface area (Å²) in [7, 11) is 0. The molecule has 0 fully saturated rings. The van der Waals surface area contributed by atoms with E-state index in [-0.39, 0.29) is 18.1 Å². The van der Waals surface area contributed by atoms with Gasteiger partial charge in [-0.05, 0) is 18.2 Å². The van der Waals surface area contributed by atoms with Crippen LogP contribution >= 0.6 is 11.3 Å². The fourth-order valence-electron chi connectivity index (χ4n) is 3.84. The molecule has 0 saturated heterocycles. The fourth-order valence-corrected chi connectivity index (χ4v) is 4.91. The maximum Gasteiger partial charge on any atom is 0.270 e. The molecule has 0 aliphatic carbocycles. The van der Waals surface area contributed by atoms with Gasteiger partial charge in [0.2, 0.25) is 0 Å². The number of terminal acetylenes is 1. The Labute approximate surface area is 186 Å². The average Bonchev–Trinajstić information content (AvgIpc) is 3.13. The third-order valence-electron chi connectivity index (χ3n) is 5.26. The summed E-state index contributed by atoms with van der Waals surface area (Å²) in [6, 6.07) is 19.3. The minimum absolute atomic E-state index is 0.0308. The molecule has 1 aliphatic heterocycles. The molecule has 0 radical (unpaired) electrons. The Morgan fingerprint density at radius 1 is 1.12 bits per heavy atom. The summed E-state index contributed by atoms with van der Waals surface area (Å²) in [4.78, 5) is 29.0. The molecule has 1 amide bonds. The minimum Gasteiger partial charge on any atom is -0.457 e. The first-order valence-electron chi connectivity index (χ1n) is 9.72. The lowest BCUT2D eigenvalue weighted by Gasteiger charge is -2.25. The number of nitro groups is 1. The lowest BCUT2D eigenvalue weighted by Crippen LogP contribution is -2.22. The predicted octanol–water partition coefficient (Wildman–Crippen LogP) is 4.61. The second-order valence-electron chi connectivity index (χ2n) is 7.14. The number of non-ortho nitro benzene ring substituents is 1. The Morgan fingerprint density at radius 2 is 1.78 bits per heavy atom. The number of fused-ring (bicyclic) bond motifs is 3. The van der Waals surface area contributed by atoms with Gasteiger partial charge in [-0.1, -0.05) is 53.7 Å². The lowest BCUT2D eigenvalue weighted by atomic mass is 9.87. The van der Waals surface area contributed by atoms with E-state index in [0.717, 1.165) is 11.1 Å². The van der Waals surface area contributed by atoms with Crippen LogP contribution in [0.25, 0.3) is 10.2 Å². The summed E-state index contributed by atoms with van der Waals surface area (Å²) in [6.45, 7) is 0.185. The molecule has 0 N–H and O–H groups in total. The quantitative estimate of drug-likeness (QED) is 0.264.